The van der Waals surface area contributed by atoms with E-state index in [1.54, 1.807) is 0 Å². The molecule has 0 nitrogen and oxygen atoms in total. The highest BCUT2D eigenvalue weighted by molar-refractivity contribution is 14.1. The van der Waals surface area contributed by atoms with Crippen molar-refractivity contribution in [1.29, 1.82) is 0 Å². The second-order valence-corrected chi connectivity index (χ2v) is 2.47. The molecule has 0 aromatic heterocycles. The summed E-state index contributed by atoms with van der Waals surface area (Å²) < 4.78 is 1.32. The zero-order valence-corrected chi connectivity index (χ0v) is 6.36. The van der Waals surface area contributed by atoms with Crippen molar-refractivity contribution in [2.24, 2.45) is 0 Å². The van der Waals surface area contributed by atoms with Gasteiger partial charge in [0.05, 0.1) is 0 Å². The minimum absolute atomic E-state index is 0. The standard InChI is InChI=1S/C5H11I.Mg.2H/c1-2-3-4-5-6;;;/h2-5H2,1H3;;;. The van der Waals surface area contributed by atoms with Crippen molar-refractivity contribution in [3.8, 4) is 0 Å². The quantitative estimate of drug-likeness (QED) is 0.296. The molecule has 0 aliphatic rings. The molecule has 42 valence electrons. The predicted molar refractivity (Wildman–Crippen MR) is 47.0 cm³/mol. The summed E-state index contributed by atoms with van der Waals surface area (Å²) in [5.41, 5.74) is 0. The number of halogens is 1. The summed E-state index contributed by atoms with van der Waals surface area (Å²) in [5, 5.41) is 0. The first-order valence-electron chi connectivity index (χ1n) is 2.47. The number of hydrogen-bond donors (Lipinski definition) is 0. The van der Waals surface area contributed by atoms with Crippen LogP contribution in [0.4, 0.5) is 0 Å². The summed E-state index contributed by atoms with van der Waals surface area (Å²) in [7, 11) is 0. The van der Waals surface area contributed by atoms with E-state index in [9.17, 15) is 0 Å². The van der Waals surface area contributed by atoms with Crippen LogP contribution in [0.3, 0.4) is 0 Å². The lowest BCUT2D eigenvalue weighted by Gasteiger charge is -1.85. The number of rotatable bonds is 3. The zero-order valence-electron chi connectivity index (χ0n) is 4.21. The van der Waals surface area contributed by atoms with Gasteiger partial charge in [-0.1, -0.05) is 42.4 Å². The maximum Gasteiger partial charge on any atom is 0.316 e. The molecule has 0 atom stereocenters. The van der Waals surface area contributed by atoms with Crippen molar-refractivity contribution in [2.45, 2.75) is 26.2 Å². The first kappa shape index (κ1) is 11.3. The Balaban J connectivity index is 0. The fourth-order valence-corrected chi connectivity index (χ4v) is 0.884. The molecule has 0 spiro atoms. The van der Waals surface area contributed by atoms with Crippen LogP contribution in [0.25, 0.3) is 0 Å². The van der Waals surface area contributed by atoms with Crippen LogP contribution < -0.4 is 0 Å². The van der Waals surface area contributed by atoms with E-state index in [4.69, 9.17) is 0 Å². The molecule has 0 aromatic carbocycles. The Morgan fingerprint density at radius 3 is 2.00 bits per heavy atom. The second kappa shape index (κ2) is 10.5. The van der Waals surface area contributed by atoms with Gasteiger partial charge in [0.25, 0.3) is 0 Å². The molecule has 0 heterocycles. The van der Waals surface area contributed by atoms with Gasteiger partial charge in [0, 0.05) is 0 Å². The molecule has 0 saturated carbocycles. The van der Waals surface area contributed by atoms with E-state index in [1.165, 1.54) is 23.7 Å². The van der Waals surface area contributed by atoms with Crippen LogP contribution in [-0.2, 0) is 0 Å². The predicted octanol–water partition coefficient (Wildman–Crippen LogP) is 1.70. The van der Waals surface area contributed by atoms with E-state index in [0.29, 0.717) is 0 Å². The maximum absolute atomic E-state index is 2.41. The fourth-order valence-electron chi connectivity index (χ4n) is 0.344. The number of alkyl halides is 1. The Bertz CT molecular complexity index is 20.0. The Labute approximate surface area is 75.7 Å². The average molecular weight is 224 g/mol. The highest BCUT2D eigenvalue weighted by Gasteiger charge is 1.76. The van der Waals surface area contributed by atoms with Crippen LogP contribution in [0.2, 0.25) is 0 Å². The smallest absolute Gasteiger partial charge is 0.0864 e. The van der Waals surface area contributed by atoms with Crippen molar-refractivity contribution in [3.05, 3.63) is 0 Å². The monoisotopic (exact) mass is 224 g/mol. The van der Waals surface area contributed by atoms with Gasteiger partial charge in [0.1, 0.15) is 0 Å². The summed E-state index contributed by atoms with van der Waals surface area (Å²) in [5.74, 6) is 0. The summed E-state index contributed by atoms with van der Waals surface area (Å²) in [6.45, 7) is 2.23. The first-order chi connectivity index (χ1) is 2.91. The molecule has 0 saturated heterocycles. The molecule has 0 unspecified atom stereocenters. The molecule has 0 bridgehead atoms. The van der Waals surface area contributed by atoms with Crippen LogP contribution >= 0.6 is 22.6 Å². The highest BCUT2D eigenvalue weighted by Crippen LogP contribution is 1.96. The van der Waals surface area contributed by atoms with Crippen molar-refractivity contribution in [1.82, 2.24) is 0 Å². The molecule has 0 fully saturated rings. The van der Waals surface area contributed by atoms with E-state index in [0.717, 1.165) is 0 Å². The molecule has 0 amide bonds. The van der Waals surface area contributed by atoms with Gasteiger partial charge < -0.3 is 0 Å². The minimum Gasteiger partial charge on any atom is -0.0864 e. The lowest BCUT2D eigenvalue weighted by atomic mass is 10.3. The van der Waals surface area contributed by atoms with Crippen molar-refractivity contribution in [3.63, 3.8) is 0 Å². The Morgan fingerprint density at radius 1 is 1.29 bits per heavy atom. The zero-order chi connectivity index (χ0) is 4.83. The third-order valence-electron chi connectivity index (χ3n) is 0.737. The Kier molecular flexibility index (Phi) is 16.9. The first-order valence-corrected chi connectivity index (χ1v) is 4.00. The molecule has 0 N–H and O–H groups in total. The van der Waals surface area contributed by atoms with Gasteiger partial charge in [-0.2, -0.15) is 0 Å². The third kappa shape index (κ3) is 11.2. The Hall–Kier alpha value is 1.50. The van der Waals surface area contributed by atoms with Crippen molar-refractivity contribution in [2.75, 3.05) is 4.43 Å². The molecule has 0 rings (SSSR count). The summed E-state index contributed by atoms with van der Waals surface area (Å²) in [4.78, 5) is 0. The normalized spacial score (nSPS) is 7.71. The largest absolute Gasteiger partial charge is 0.316 e. The molecule has 0 radical (unpaired) electrons. The van der Waals surface area contributed by atoms with E-state index >= 15 is 0 Å². The van der Waals surface area contributed by atoms with Crippen LogP contribution in [-0.4, -0.2) is 27.5 Å². The number of unbranched alkanes of at least 4 members (excludes halogenated alkanes) is 2. The van der Waals surface area contributed by atoms with E-state index in [1.807, 2.05) is 0 Å². The minimum atomic E-state index is 0. The lowest BCUT2D eigenvalue weighted by Crippen LogP contribution is -1.70. The summed E-state index contributed by atoms with van der Waals surface area (Å²) in [6, 6.07) is 0. The molecule has 7 heavy (non-hydrogen) atoms. The van der Waals surface area contributed by atoms with Gasteiger partial charge in [0.15, 0.2) is 0 Å². The molecule has 2 heteroatoms. The van der Waals surface area contributed by atoms with Gasteiger partial charge in [-0.25, -0.2) is 0 Å². The van der Waals surface area contributed by atoms with Gasteiger partial charge in [-0.05, 0) is 10.8 Å². The molecular formula is C5H13IMg. The molecule has 0 aromatic rings. The molecule has 0 aliphatic carbocycles. The van der Waals surface area contributed by atoms with Crippen LogP contribution in [0.5, 0.6) is 0 Å². The molecule has 0 aliphatic heterocycles. The summed E-state index contributed by atoms with van der Waals surface area (Å²) >= 11 is 2.41. The lowest BCUT2D eigenvalue weighted by molar-refractivity contribution is 0.785. The SMILES string of the molecule is CCCCCI.[MgH2]. The molecular weight excluding hydrogens is 211 g/mol. The number of hydrogen-bond acceptors (Lipinski definition) is 0. The Morgan fingerprint density at radius 2 is 1.86 bits per heavy atom. The third-order valence-corrected chi connectivity index (χ3v) is 1.50. The van der Waals surface area contributed by atoms with Gasteiger partial charge in [0.2, 0.25) is 0 Å². The topological polar surface area (TPSA) is 0 Å². The van der Waals surface area contributed by atoms with Gasteiger partial charge in [-0.3, -0.25) is 0 Å². The van der Waals surface area contributed by atoms with Crippen molar-refractivity contribution >= 4 is 45.6 Å². The average Bonchev–Trinajstić information content (AvgIpc) is 1.61. The van der Waals surface area contributed by atoms with Gasteiger partial charge >= 0.3 is 23.1 Å². The van der Waals surface area contributed by atoms with Crippen LogP contribution in [0, 0.1) is 0 Å². The van der Waals surface area contributed by atoms with Gasteiger partial charge in [-0.15, -0.1) is 0 Å². The highest BCUT2D eigenvalue weighted by atomic mass is 127. The van der Waals surface area contributed by atoms with E-state index < -0.39 is 0 Å². The fraction of sp³-hybridized carbons (Fsp3) is 1.00. The van der Waals surface area contributed by atoms with E-state index in [-0.39, 0.29) is 23.1 Å². The second-order valence-electron chi connectivity index (χ2n) is 1.40. The van der Waals surface area contributed by atoms with Crippen LogP contribution in [0.15, 0.2) is 0 Å². The van der Waals surface area contributed by atoms with E-state index in [2.05, 4.69) is 29.5 Å². The summed E-state index contributed by atoms with van der Waals surface area (Å²) in [6.07, 6.45) is 4.16. The van der Waals surface area contributed by atoms with Crippen LogP contribution in [0.1, 0.15) is 26.2 Å². The maximum atomic E-state index is 2.41. The van der Waals surface area contributed by atoms with Crippen molar-refractivity contribution < 1.29 is 0 Å².